The van der Waals surface area contributed by atoms with Crippen LogP contribution < -0.4 is 0 Å². The van der Waals surface area contributed by atoms with Gasteiger partial charge in [0.2, 0.25) is 0 Å². The molecular formula is C18H23FN2O. The second-order valence-electron chi connectivity index (χ2n) is 7.15. The first-order valence-corrected chi connectivity index (χ1v) is 8.27. The molecule has 1 saturated heterocycles. The SMILES string of the molecule is CC(C)C1(O)CCCN2CCc3c([nH]c4ccc(F)cc34)C21. The van der Waals surface area contributed by atoms with E-state index in [1.807, 2.05) is 6.07 Å². The highest BCUT2D eigenvalue weighted by atomic mass is 19.1. The van der Waals surface area contributed by atoms with Crippen LogP contribution in [-0.4, -0.2) is 33.7 Å². The van der Waals surface area contributed by atoms with Crippen molar-refractivity contribution in [3.05, 3.63) is 35.3 Å². The Morgan fingerprint density at radius 3 is 2.95 bits per heavy atom. The number of H-pyrrole nitrogens is 1. The molecule has 0 amide bonds. The number of nitrogens with one attached hydrogen (secondary N) is 1. The van der Waals surface area contributed by atoms with Gasteiger partial charge in [0.05, 0.1) is 11.6 Å². The molecule has 2 aromatic rings. The monoisotopic (exact) mass is 302 g/mol. The van der Waals surface area contributed by atoms with E-state index in [0.717, 1.165) is 48.9 Å². The topological polar surface area (TPSA) is 39.3 Å². The van der Waals surface area contributed by atoms with Crippen LogP contribution in [0.1, 0.15) is 44.0 Å². The number of fused-ring (bicyclic) bond motifs is 5. The Hall–Kier alpha value is -1.39. The van der Waals surface area contributed by atoms with Gasteiger partial charge in [0.25, 0.3) is 0 Å². The van der Waals surface area contributed by atoms with E-state index in [1.165, 1.54) is 11.6 Å². The quantitative estimate of drug-likeness (QED) is 0.847. The molecule has 4 heteroatoms. The summed E-state index contributed by atoms with van der Waals surface area (Å²) >= 11 is 0. The molecule has 0 bridgehead atoms. The predicted octanol–water partition coefficient (Wildman–Crippen LogP) is 3.39. The molecule has 2 aliphatic heterocycles. The third-order valence-corrected chi connectivity index (χ3v) is 5.68. The van der Waals surface area contributed by atoms with Gasteiger partial charge in [-0.3, -0.25) is 4.90 Å². The highest BCUT2D eigenvalue weighted by Crippen LogP contribution is 2.47. The molecule has 2 atom stereocenters. The fourth-order valence-corrected chi connectivity index (χ4v) is 4.42. The number of hydrogen-bond donors (Lipinski definition) is 2. The summed E-state index contributed by atoms with van der Waals surface area (Å²) in [4.78, 5) is 5.88. The first-order chi connectivity index (χ1) is 10.5. The van der Waals surface area contributed by atoms with Crippen LogP contribution in [-0.2, 0) is 6.42 Å². The maximum absolute atomic E-state index is 13.6. The number of aliphatic hydroxyl groups is 1. The lowest BCUT2D eigenvalue weighted by molar-refractivity contribution is -0.117. The summed E-state index contributed by atoms with van der Waals surface area (Å²) in [6.07, 6.45) is 2.79. The van der Waals surface area contributed by atoms with Gasteiger partial charge in [0.1, 0.15) is 5.82 Å². The van der Waals surface area contributed by atoms with Gasteiger partial charge in [-0.2, -0.15) is 0 Å². The van der Waals surface area contributed by atoms with Crippen LogP contribution in [0, 0.1) is 11.7 Å². The Morgan fingerprint density at radius 1 is 1.36 bits per heavy atom. The Labute approximate surface area is 130 Å². The number of nitrogens with zero attached hydrogens (tertiary/aromatic N) is 1. The molecule has 0 radical (unpaired) electrons. The van der Waals surface area contributed by atoms with Crippen molar-refractivity contribution in [1.82, 2.24) is 9.88 Å². The van der Waals surface area contributed by atoms with Gasteiger partial charge in [-0.05, 0) is 55.5 Å². The zero-order valence-electron chi connectivity index (χ0n) is 13.2. The molecule has 0 spiro atoms. The summed E-state index contributed by atoms with van der Waals surface area (Å²) in [5.74, 6) is -0.00565. The normalized spacial score (nSPS) is 28.9. The van der Waals surface area contributed by atoms with Crippen molar-refractivity contribution < 1.29 is 9.50 Å². The van der Waals surface area contributed by atoms with Crippen molar-refractivity contribution in [1.29, 1.82) is 0 Å². The number of benzene rings is 1. The van der Waals surface area contributed by atoms with Crippen LogP contribution in [0.15, 0.2) is 18.2 Å². The number of aromatic amines is 1. The maximum Gasteiger partial charge on any atom is 0.123 e. The fraction of sp³-hybridized carbons (Fsp3) is 0.556. The molecule has 2 N–H and O–H groups in total. The first kappa shape index (κ1) is 14.2. The van der Waals surface area contributed by atoms with Crippen LogP contribution >= 0.6 is 0 Å². The van der Waals surface area contributed by atoms with Gasteiger partial charge >= 0.3 is 0 Å². The van der Waals surface area contributed by atoms with Crippen molar-refractivity contribution in [2.75, 3.05) is 13.1 Å². The minimum absolute atomic E-state index is 0.000427. The summed E-state index contributed by atoms with van der Waals surface area (Å²) in [7, 11) is 0. The third kappa shape index (κ3) is 1.87. The highest BCUT2D eigenvalue weighted by molar-refractivity contribution is 5.85. The molecule has 3 nitrogen and oxygen atoms in total. The standard InChI is InChI=1S/C18H23FN2O/c1-11(2)18(22)7-3-8-21-9-6-13-14-10-12(19)4-5-15(14)20-16(13)17(18)21/h4-5,10-11,17,20,22H,3,6-9H2,1-2H3. The number of halogens is 1. The van der Waals surface area contributed by atoms with Crippen LogP contribution in [0.3, 0.4) is 0 Å². The molecule has 1 fully saturated rings. The highest BCUT2D eigenvalue weighted by Gasteiger charge is 2.49. The molecule has 2 aliphatic rings. The molecule has 4 rings (SSSR count). The Bertz CT molecular complexity index is 723. The Morgan fingerprint density at radius 2 is 2.18 bits per heavy atom. The van der Waals surface area contributed by atoms with E-state index in [-0.39, 0.29) is 17.8 Å². The van der Waals surface area contributed by atoms with Crippen LogP contribution in [0.5, 0.6) is 0 Å². The van der Waals surface area contributed by atoms with E-state index < -0.39 is 5.60 Å². The molecule has 22 heavy (non-hydrogen) atoms. The second-order valence-corrected chi connectivity index (χ2v) is 7.15. The van der Waals surface area contributed by atoms with E-state index in [1.54, 1.807) is 6.07 Å². The molecule has 0 saturated carbocycles. The van der Waals surface area contributed by atoms with Crippen LogP contribution in [0.4, 0.5) is 4.39 Å². The minimum Gasteiger partial charge on any atom is -0.388 e. The van der Waals surface area contributed by atoms with Crippen molar-refractivity contribution in [2.45, 2.75) is 44.8 Å². The van der Waals surface area contributed by atoms with E-state index in [9.17, 15) is 9.50 Å². The third-order valence-electron chi connectivity index (χ3n) is 5.68. The van der Waals surface area contributed by atoms with E-state index in [0.29, 0.717) is 0 Å². The molecule has 0 aliphatic carbocycles. The predicted molar refractivity (Wildman–Crippen MR) is 85.3 cm³/mol. The minimum atomic E-state index is -0.715. The Balaban J connectivity index is 1.91. The summed E-state index contributed by atoms with van der Waals surface area (Å²) in [6, 6.07) is 4.93. The number of hydrogen-bond acceptors (Lipinski definition) is 2. The van der Waals surface area contributed by atoms with E-state index in [2.05, 4.69) is 23.7 Å². The van der Waals surface area contributed by atoms with E-state index in [4.69, 9.17) is 0 Å². The number of rotatable bonds is 1. The lowest BCUT2D eigenvalue weighted by Crippen LogP contribution is -2.55. The number of piperidine rings is 1. The lowest BCUT2D eigenvalue weighted by atomic mass is 9.73. The average Bonchev–Trinajstić information content (AvgIpc) is 2.85. The fourth-order valence-electron chi connectivity index (χ4n) is 4.42. The average molecular weight is 302 g/mol. The molecule has 2 unspecified atom stereocenters. The van der Waals surface area contributed by atoms with E-state index >= 15 is 0 Å². The summed E-state index contributed by atoms with van der Waals surface area (Å²) in [5.41, 5.74) is 2.55. The van der Waals surface area contributed by atoms with Crippen LogP contribution in [0.2, 0.25) is 0 Å². The second kappa shape index (κ2) is 4.80. The molecule has 1 aromatic carbocycles. The molecular weight excluding hydrogens is 279 g/mol. The van der Waals surface area contributed by atoms with Crippen molar-refractivity contribution in [2.24, 2.45) is 5.92 Å². The van der Waals surface area contributed by atoms with Gasteiger partial charge in [-0.1, -0.05) is 13.8 Å². The number of aromatic nitrogens is 1. The maximum atomic E-state index is 13.6. The summed E-state index contributed by atoms with van der Waals surface area (Å²) in [6.45, 7) is 6.17. The smallest absolute Gasteiger partial charge is 0.123 e. The lowest BCUT2D eigenvalue weighted by Gasteiger charge is -2.51. The zero-order valence-corrected chi connectivity index (χ0v) is 13.2. The summed E-state index contributed by atoms with van der Waals surface area (Å²) < 4.78 is 13.6. The van der Waals surface area contributed by atoms with Crippen molar-refractivity contribution in [3.8, 4) is 0 Å². The zero-order chi connectivity index (χ0) is 15.5. The molecule has 118 valence electrons. The van der Waals surface area contributed by atoms with Gasteiger partial charge in [0.15, 0.2) is 0 Å². The van der Waals surface area contributed by atoms with Gasteiger partial charge in [0, 0.05) is 23.1 Å². The Kier molecular flexibility index (Phi) is 3.10. The van der Waals surface area contributed by atoms with Gasteiger partial charge in [-0.25, -0.2) is 4.39 Å². The van der Waals surface area contributed by atoms with Gasteiger partial charge < -0.3 is 10.1 Å². The largest absolute Gasteiger partial charge is 0.388 e. The molecule has 3 heterocycles. The summed E-state index contributed by atoms with van der Waals surface area (Å²) in [5, 5.41) is 12.3. The van der Waals surface area contributed by atoms with Crippen molar-refractivity contribution >= 4 is 10.9 Å². The van der Waals surface area contributed by atoms with Gasteiger partial charge in [-0.15, -0.1) is 0 Å². The van der Waals surface area contributed by atoms with Crippen molar-refractivity contribution in [3.63, 3.8) is 0 Å². The molecule has 1 aromatic heterocycles. The van der Waals surface area contributed by atoms with Crippen LogP contribution in [0.25, 0.3) is 10.9 Å². The first-order valence-electron chi connectivity index (χ1n) is 8.27.